The van der Waals surface area contributed by atoms with Gasteiger partial charge in [0.05, 0.1) is 6.54 Å². The van der Waals surface area contributed by atoms with Crippen LogP contribution in [-0.2, 0) is 11.3 Å². The first-order chi connectivity index (χ1) is 15.4. The van der Waals surface area contributed by atoms with E-state index in [2.05, 4.69) is 5.18 Å². The highest BCUT2D eigenvalue weighted by atomic mass is 35.5. The monoisotopic (exact) mass is 450 g/mol. The van der Waals surface area contributed by atoms with Gasteiger partial charge in [-0.2, -0.15) is 4.91 Å². The van der Waals surface area contributed by atoms with Crippen molar-refractivity contribution in [2.45, 2.75) is 24.7 Å². The van der Waals surface area contributed by atoms with Crippen LogP contribution in [-0.4, -0.2) is 21.3 Å². The Kier molecular flexibility index (Phi) is 6.06. The quantitative estimate of drug-likeness (QED) is 0.305. The van der Waals surface area contributed by atoms with Crippen LogP contribution in [0.4, 0.5) is 4.39 Å². The Balaban J connectivity index is 1.58. The van der Waals surface area contributed by atoms with Crippen molar-refractivity contribution in [3.8, 4) is 11.1 Å². The zero-order valence-corrected chi connectivity index (χ0v) is 17.7. The van der Waals surface area contributed by atoms with E-state index in [-0.39, 0.29) is 0 Å². The number of hydrogen-bond acceptors (Lipinski definition) is 3. The Labute approximate surface area is 189 Å². The summed E-state index contributed by atoms with van der Waals surface area (Å²) < 4.78 is 17.2. The van der Waals surface area contributed by atoms with E-state index in [0.29, 0.717) is 10.6 Å². The molecule has 4 aromatic rings. The Hall–Kier alpha value is -3.51. The van der Waals surface area contributed by atoms with Crippen LogP contribution < -0.4 is 0 Å². The fraction of sp³-hybridized carbons (Fsp3) is 0.160. The topological polar surface area (TPSA) is 71.7 Å². The number of halogens is 2. The molecular formula is C25H20ClFN2O3. The normalized spacial score (nSPS) is 14.1. The number of aliphatic carboxylic acids is 1. The minimum atomic E-state index is -2.67. The van der Waals surface area contributed by atoms with E-state index in [9.17, 15) is 14.8 Å². The largest absolute Gasteiger partial charge is 0.479 e. The molecular weight excluding hydrogens is 431 g/mol. The van der Waals surface area contributed by atoms with Crippen LogP contribution in [0.15, 0.2) is 90.2 Å². The van der Waals surface area contributed by atoms with Crippen molar-refractivity contribution in [1.82, 2.24) is 4.57 Å². The number of para-hydroxylation sites is 1. The second-order valence-electron chi connectivity index (χ2n) is 7.73. The second kappa shape index (κ2) is 8.93. The standard InChI is InChI=1S/C25H20ClFN2O3/c26-21-11-9-18(10-12-21)17-5-7-19(8-6-17)22(28-32)15-25(27,24(30)31)16-29-14-13-20-3-1-2-4-23(20)29/h1-14,22H,15-16H2,(H,30,31). The van der Waals surface area contributed by atoms with Crippen molar-refractivity contribution in [2.75, 3.05) is 0 Å². The predicted molar refractivity (Wildman–Crippen MR) is 123 cm³/mol. The van der Waals surface area contributed by atoms with E-state index < -0.39 is 30.6 Å². The van der Waals surface area contributed by atoms with Gasteiger partial charge in [0.15, 0.2) is 0 Å². The molecule has 162 valence electrons. The summed E-state index contributed by atoms with van der Waals surface area (Å²) in [7, 11) is 0. The molecule has 5 nitrogen and oxygen atoms in total. The van der Waals surface area contributed by atoms with Gasteiger partial charge in [-0.1, -0.05) is 71.4 Å². The van der Waals surface area contributed by atoms with Gasteiger partial charge in [0, 0.05) is 23.2 Å². The fourth-order valence-electron chi connectivity index (χ4n) is 3.83. The number of benzene rings is 3. The maximum atomic E-state index is 15.7. The third-order valence-electron chi connectivity index (χ3n) is 5.60. The lowest BCUT2D eigenvalue weighted by molar-refractivity contribution is -0.152. The smallest absolute Gasteiger partial charge is 0.343 e. The number of fused-ring (bicyclic) bond motifs is 1. The number of nitrogens with zero attached hydrogens (tertiary/aromatic N) is 2. The van der Waals surface area contributed by atoms with E-state index in [1.807, 2.05) is 24.3 Å². The van der Waals surface area contributed by atoms with Crippen LogP contribution >= 0.6 is 11.6 Å². The molecule has 0 aliphatic carbocycles. The van der Waals surface area contributed by atoms with Gasteiger partial charge in [-0.05, 0) is 46.3 Å². The second-order valence-corrected chi connectivity index (χ2v) is 8.16. The third kappa shape index (κ3) is 4.41. The maximum absolute atomic E-state index is 15.7. The third-order valence-corrected chi connectivity index (χ3v) is 5.85. The highest BCUT2D eigenvalue weighted by Crippen LogP contribution is 2.34. The first kappa shape index (κ1) is 21.7. The molecule has 0 aliphatic heterocycles. The molecule has 0 aliphatic rings. The van der Waals surface area contributed by atoms with E-state index in [4.69, 9.17) is 11.6 Å². The molecule has 0 fully saturated rings. The maximum Gasteiger partial charge on any atom is 0.343 e. The molecule has 4 rings (SSSR count). The molecule has 0 bridgehead atoms. The minimum Gasteiger partial charge on any atom is -0.479 e. The number of hydrogen-bond donors (Lipinski definition) is 1. The first-order valence-corrected chi connectivity index (χ1v) is 10.4. The lowest BCUT2D eigenvalue weighted by atomic mass is 9.91. The number of nitroso groups, excluding NO2 is 1. The number of carboxylic acids is 1. The summed E-state index contributed by atoms with van der Waals surface area (Å²) in [6, 6.07) is 22.2. The van der Waals surface area contributed by atoms with Crippen molar-refractivity contribution >= 4 is 28.5 Å². The van der Waals surface area contributed by atoms with Gasteiger partial charge in [0.25, 0.3) is 0 Å². The highest BCUT2D eigenvalue weighted by molar-refractivity contribution is 6.30. The van der Waals surface area contributed by atoms with Crippen LogP contribution in [0.1, 0.15) is 18.0 Å². The zero-order chi connectivity index (χ0) is 22.7. The summed E-state index contributed by atoms with van der Waals surface area (Å²) in [5, 5.41) is 14.2. The van der Waals surface area contributed by atoms with Gasteiger partial charge in [0.2, 0.25) is 5.67 Å². The van der Waals surface area contributed by atoms with Crippen molar-refractivity contribution < 1.29 is 14.3 Å². The van der Waals surface area contributed by atoms with Crippen LogP contribution in [0.5, 0.6) is 0 Å². The predicted octanol–water partition coefficient (Wildman–Crippen LogP) is 6.65. The Bertz CT molecular complexity index is 1250. The molecule has 1 aromatic heterocycles. The summed E-state index contributed by atoms with van der Waals surface area (Å²) in [6.45, 7) is -0.426. The Morgan fingerprint density at radius 3 is 2.25 bits per heavy atom. The van der Waals surface area contributed by atoms with E-state index in [1.165, 1.54) is 0 Å². The molecule has 2 unspecified atom stereocenters. The van der Waals surface area contributed by atoms with Crippen LogP contribution in [0.25, 0.3) is 22.0 Å². The van der Waals surface area contributed by atoms with Gasteiger partial charge in [0.1, 0.15) is 6.04 Å². The molecule has 0 amide bonds. The Morgan fingerprint density at radius 1 is 1.00 bits per heavy atom. The molecule has 0 spiro atoms. The van der Waals surface area contributed by atoms with Crippen LogP contribution in [0.3, 0.4) is 0 Å². The molecule has 7 heteroatoms. The van der Waals surface area contributed by atoms with Crippen LogP contribution in [0, 0.1) is 4.91 Å². The van der Waals surface area contributed by atoms with Crippen molar-refractivity contribution in [1.29, 1.82) is 0 Å². The first-order valence-electron chi connectivity index (χ1n) is 10.0. The summed E-state index contributed by atoms with van der Waals surface area (Å²) in [5.41, 5.74) is 0.326. The van der Waals surface area contributed by atoms with Crippen molar-refractivity contribution in [2.24, 2.45) is 5.18 Å². The van der Waals surface area contributed by atoms with E-state index >= 15 is 4.39 Å². The van der Waals surface area contributed by atoms with Gasteiger partial charge in [-0.15, -0.1) is 0 Å². The summed E-state index contributed by atoms with van der Waals surface area (Å²) in [6.07, 6.45) is 1.07. The van der Waals surface area contributed by atoms with E-state index in [0.717, 1.165) is 22.0 Å². The molecule has 0 radical (unpaired) electrons. The number of rotatable bonds is 8. The summed E-state index contributed by atoms with van der Waals surface area (Å²) in [4.78, 5) is 23.5. The number of carboxylic acid groups (broad SMARTS) is 1. The van der Waals surface area contributed by atoms with Gasteiger partial charge >= 0.3 is 5.97 Å². The molecule has 3 aromatic carbocycles. The van der Waals surface area contributed by atoms with Gasteiger partial charge in [-0.3, -0.25) is 0 Å². The lowest BCUT2D eigenvalue weighted by Crippen LogP contribution is -2.39. The average Bonchev–Trinajstić information content (AvgIpc) is 3.21. The Morgan fingerprint density at radius 2 is 1.62 bits per heavy atom. The summed E-state index contributed by atoms with van der Waals surface area (Å²) >= 11 is 5.92. The number of carbonyl (C=O) groups is 1. The lowest BCUT2D eigenvalue weighted by Gasteiger charge is -2.24. The molecule has 1 N–H and O–H groups in total. The van der Waals surface area contributed by atoms with Crippen LogP contribution in [0.2, 0.25) is 5.02 Å². The fourth-order valence-corrected chi connectivity index (χ4v) is 3.96. The SMILES string of the molecule is O=NC(CC(F)(Cn1ccc2ccccc21)C(=O)O)c1ccc(-c2ccc(Cl)cc2)cc1. The van der Waals surface area contributed by atoms with E-state index in [1.54, 1.807) is 65.4 Å². The average molecular weight is 451 g/mol. The van der Waals surface area contributed by atoms with Crippen molar-refractivity contribution in [3.63, 3.8) is 0 Å². The number of alkyl halides is 1. The molecule has 2 atom stereocenters. The van der Waals surface area contributed by atoms with Gasteiger partial charge in [-0.25, -0.2) is 9.18 Å². The molecule has 1 heterocycles. The molecule has 32 heavy (non-hydrogen) atoms. The highest BCUT2D eigenvalue weighted by Gasteiger charge is 2.42. The number of aromatic nitrogens is 1. The molecule has 0 saturated carbocycles. The van der Waals surface area contributed by atoms with Crippen molar-refractivity contribution in [3.05, 3.63) is 101 Å². The zero-order valence-electron chi connectivity index (χ0n) is 17.0. The summed E-state index contributed by atoms with van der Waals surface area (Å²) in [5.74, 6) is -1.62. The van der Waals surface area contributed by atoms with Gasteiger partial charge < -0.3 is 9.67 Å². The molecule has 0 saturated heterocycles. The minimum absolute atomic E-state index is 0.426.